The first kappa shape index (κ1) is 16.1. The van der Waals surface area contributed by atoms with Gasteiger partial charge in [-0.3, -0.25) is 10.2 Å². The first-order chi connectivity index (χ1) is 11.7. The molecule has 0 fully saturated rings. The van der Waals surface area contributed by atoms with E-state index in [0.717, 1.165) is 5.69 Å². The lowest BCUT2D eigenvalue weighted by Crippen LogP contribution is -2.41. The second-order valence-corrected chi connectivity index (χ2v) is 5.52. The molecule has 0 aromatic heterocycles. The molecule has 0 saturated heterocycles. The molecule has 5 heteroatoms. The second-order valence-electron chi connectivity index (χ2n) is 5.52. The second kappa shape index (κ2) is 7.66. The molecule has 3 rings (SSSR count). The van der Waals surface area contributed by atoms with E-state index >= 15 is 0 Å². The lowest BCUT2D eigenvalue weighted by atomic mass is 10.2. The van der Waals surface area contributed by atoms with E-state index < -0.39 is 6.09 Å². The quantitative estimate of drug-likeness (QED) is 0.864. The van der Waals surface area contributed by atoms with Gasteiger partial charge in [0, 0.05) is 5.69 Å². The Hall–Kier alpha value is -2.79. The number of rotatable bonds is 4. The number of ether oxygens (including phenoxy) is 1. The van der Waals surface area contributed by atoms with Gasteiger partial charge in [-0.15, -0.1) is 0 Å². The first-order valence-electron chi connectivity index (χ1n) is 7.90. The van der Waals surface area contributed by atoms with Crippen molar-refractivity contribution in [3.8, 4) is 0 Å². The van der Waals surface area contributed by atoms with Crippen molar-refractivity contribution >= 4 is 17.5 Å². The fourth-order valence-electron chi connectivity index (χ4n) is 2.43. The highest BCUT2D eigenvalue weighted by Gasteiger charge is 2.23. The number of carbonyl (C=O) groups is 1. The molecule has 5 nitrogen and oxygen atoms in total. The summed E-state index contributed by atoms with van der Waals surface area (Å²) < 4.78 is 5.25. The van der Waals surface area contributed by atoms with Gasteiger partial charge in [0.05, 0.1) is 11.7 Å². The summed E-state index contributed by atoms with van der Waals surface area (Å²) in [5.41, 5.74) is 1.66. The number of anilines is 2. The van der Waals surface area contributed by atoms with Crippen LogP contribution in [0.15, 0.2) is 72.8 Å². The van der Waals surface area contributed by atoms with Gasteiger partial charge < -0.3 is 4.74 Å². The van der Waals surface area contributed by atoms with Crippen LogP contribution in [0.4, 0.5) is 16.2 Å². The van der Waals surface area contributed by atoms with E-state index in [4.69, 9.17) is 9.57 Å². The van der Waals surface area contributed by atoms with Crippen LogP contribution in [0.3, 0.4) is 0 Å². The van der Waals surface area contributed by atoms with E-state index in [1.807, 2.05) is 72.7 Å². The van der Waals surface area contributed by atoms with Crippen LogP contribution in [0.5, 0.6) is 0 Å². The summed E-state index contributed by atoms with van der Waals surface area (Å²) in [5.74, 6) is 0. The van der Waals surface area contributed by atoms with Gasteiger partial charge in [0.1, 0.15) is 12.7 Å². The molecule has 124 valence electrons. The van der Waals surface area contributed by atoms with Gasteiger partial charge in [0.2, 0.25) is 0 Å². The number of hydrogen-bond acceptors (Lipinski definition) is 4. The number of nitrogens with one attached hydrogen (secondary N) is 1. The summed E-state index contributed by atoms with van der Waals surface area (Å²) >= 11 is 0. The molecule has 24 heavy (non-hydrogen) atoms. The average molecular weight is 324 g/mol. The fourth-order valence-corrected chi connectivity index (χ4v) is 2.43. The third-order valence-electron chi connectivity index (χ3n) is 3.63. The van der Waals surface area contributed by atoms with E-state index in [1.165, 1.54) is 0 Å². The maximum absolute atomic E-state index is 11.8. The number of hydrogen-bond donors (Lipinski definition) is 1. The van der Waals surface area contributed by atoms with Crippen LogP contribution in [-0.4, -0.2) is 24.8 Å². The summed E-state index contributed by atoms with van der Waals surface area (Å²) in [7, 11) is 0. The fraction of sp³-hybridized carbons (Fsp3) is 0.211. The number of para-hydroxylation sites is 2. The number of nitrogens with zero attached hydrogens (tertiary/aromatic N) is 1. The van der Waals surface area contributed by atoms with E-state index in [0.29, 0.717) is 5.69 Å². The molecular weight excluding hydrogens is 304 g/mol. The minimum absolute atomic E-state index is 0.113. The zero-order chi connectivity index (χ0) is 16.8. The Balaban J connectivity index is 1.54. The minimum Gasteiger partial charge on any atom is -0.446 e. The lowest BCUT2D eigenvalue weighted by molar-refractivity contribution is 0.00638. The summed E-state index contributed by atoms with van der Waals surface area (Å²) in [6, 6.07) is 19.1. The molecular formula is C19H20N2O3. The normalized spacial score (nSPS) is 19.8. The molecule has 2 aromatic rings. The summed E-state index contributed by atoms with van der Waals surface area (Å²) in [6.07, 6.45) is 3.14. The highest BCUT2D eigenvalue weighted by atomic mass is 16.7. The molecule has 2 aromatic carbocycles. The van der Waals surface area contributed by atoms with Gasteiger partial charge >= 0.3 is 6.09 Å². The topological polar surface area (TPSA) is 50.8 Å². The number of benzene rings is 2. The number of amides is 1. The molecule has 2 unspecified atom stereocenters. The van der Waals surface area contributed by atoms with Crippen molar-refractivity contribution in [2.75, 3.05) is 17.0 Å². The highest BCUT2D eigenvalue weighted by molar-refractivity contribution is 5.84. The smallest absolute Gasteiger partial charge is 0.411 e. The van der Waals surface area contributed by atoms with Gasteiger partial charge in [0.15, 0.2) is 0 Å². The first-order valence-corrected chi connectivity index (χ1v) is 7.90. The van der Waals surface area contributed by atoms with Crippen molar-refractivity contribution < 1.29 is 14.4 Å². The van der Waals surface area contributed by atoms with Crippen LogP contribution in [0.2, 0.25) is 0 Å². The summed E-state index contributed by atoms with van der Waals surface area (Å²) in [4.78, 5) is 17.8. The minimum atomic E-state index is -0.497. The van der Waals surface area contributed by atoms with E-state index in [9.17, 15) is 4.79 Å². The summed E-state index contributed by atoms with van der Waals surface area (Å²) in [5, 5.41) is 4.50. The zero-order valence-corrected chi connectivity index (χ0v) is 13.5. The van der Waals surface area contributed by atoms with Gasteiger partial charge in [-0.05, 0) is 31.2 Å². The Bertz CT molecular complexity index is 688. The molecule has 1 aliphatic heterocycles. The standard InChI is InChI=1S/C19H20N2O3/c1-15-12-13-18(24-21(15)17-10-6-3-7-11-17)14-23-19(22)20-16-8-4-2-5-9-16/h2-13,15,18H,14H2,1H3,(H,20,22). The molecule has 0 spiro atoms. The third kappa shape index (κ3) is 4.14. The summed E-state index contributed by atoms with van der Waals surface area (Å²) in [6.45, 7) is 2.19. The lowest BCUT2D eigenvalue weighted by Gasteiger charge is -2.34. The Kier molecular flexibility index (Phi) is 5.13. The predicted molar refractivity (Wildman–Crippen MR) is 93.8 cm³/mol. The van der Waals surface area contributed by atoms with Gasteiger partial charge in [-0.2, -0.15) is 0 Å². The maximum atomic E-state index is 11.8. The van der Waals surface area contributed by atoms with Crippen LogP contribution >= 0.6 is 0 Å². The molecule has 0 radical (unpaired) electrons. The highest BCUT2D eigenvalue weighted by Crippen LogP contribution is 2.22. The third-order valence-corrected chi connectivity index (χ3v) is 3.63. The Labute approximate surface area is 141 Å². The molecule has 1 heterocycles. The molecule has 1 aliphatic rings. The van der Waals surface area contributed by atoms with Crippen LogP contribution in [0.25, 0.3) is 0 Å². The SMILES string of the molecule is CC1C=CC(COC(=O)Nc2ccccc2)ON1c1ccccc1. The average Bonchev–Trinajstić information content (AvgIpc) is 2.62. The van der Waals surface area contributed by atoms with Crippen molar-refractivity contribution in [1.82, 2.24) is 0 Å². The van der Waals surface area contributed by atoms with Crippen molar-refractivity contribution in [1.29, 1.82) is 0 Å². The maximum Gasteiger partial charge on any atom is 0.411 e. The molecule has 1 amide bonds. The Morgan fingerprint density at radius 3 is 2.46 bits per heavy atom. The van der Waals surface area contributed by atoms with Gasteiger partial charge in [0.25, 0.3) is 0 Å². The van der Waals surface area contributed by atoms with E-state index in [1.54, 1.807) is 12.1 Å². The van der Waals surface area contributed by atoms with E-state index in [-0.39, 0.29) is 18.8 Å². The van der Waals surface area contributed by atoms with Crippen LogP contribution in [0.1, 0.15) is 6.92 Å². The van der Waals surface area contributed by atoms with Crippen LogP contribution < -0.4 is 10.4 Å². The largest absolute Gasteiger partial charge is 0.446 e. The molecule has 1 N–H and O–H groups in total. The van der Waals surface area contributed by atoms with Crippen molar-refractivity contribution in [2.45, 2.75) is 19.1 Å². The molecule has 0 aliphatic carbocycles. The Morgan fingerprint density at radius 2 is 1.75 bits per heavy atom. The van der Waals surface area contributed by atoms with Crippen LogP contribution in [0, 0.1) is 0 Å². The molecule has 0 bridgehead atoms. The number of carbonyl (C=O) groups excluding carboxylic acids is 1. The van der Waals surface area contributed by atoms with Crippen molar-refractivity contribution in [3.63, 3.8) is 0 Å². The molecule has 2 atom stereocenters. The monoisotopic (exact) mass is 324 g/mol. The van der Waals surface area contributed by atoms with E-state index in [2.05, 4.69) is 5.32 Å². The van der Waals surface area contributed by atoms with Gasteiger partial charge in [-0.25, -0.2) is 9.86 Å². The van der Waals surface area contributed by atoms with Crippen LogP contribution in [-0.2, 0) is 9.57 Å². The Morgan fingerprint density at radius 1 is 1.08 bits per heavy atom. The van der Waals surface area contributed by atoms with Crippen molar-refractivity contribution in [3.05, 3.63) is 72.8 Å². The predicted octanol–water partition coefficient (Wildman–Crippen LogP) is 4.00. The van der Waals surface area contributed by atoms with Gasteiger partial charge in [-0.1, -0.05) is 48.6 Å². The van der Waals surface area contributed by atoms with Crippen molar-refractivity contribution in [2.24, 2.45) is 0 Å². The zero-order valence-electron chi connectivity index (χ0n) is 13.5. The number of hydroxylamine groups is 1. The molecule has 0 saturated carbocycles.